The van der Waals surface area contributed by atoms with Crippen LogP contribution in [0.1, 0.15) is 22.3 Å². The van der Waals surface area contributed by atoms with E-state index in [1.807, 2.05) is 0 Å². The maximum Gasteiger partial charge on any atom is 0.0749 e. The third-order valence-electron chi connectivity index (χ3n) is 6.92. The highest BCUT2D eigenvalue weighted by molar-refractivity contribution is 6.12. The van der Waals surface area contributed by atoms with Gasteiger partial charge in [-0.1, -0.05) is 72.8 Å². The predicted molar refractivity (Wildman–Crippen MR) is 101 cm³/mol. The Balaban J connectivity index is 1.80. The lowest BCUT2D eigenvalue weighted by molar-refractivity contribution is 0.844. The lowest BCUT2D eigenvalue weighted by Gasteiger charge is -2.23. The summed E-state index contributed by atoms with van der Waals surface area (Å²) >= 11 is 0. The molecule has 0 heteroatoms. The van der Waals surface area contributed by atoms with Crippen LogP contribution in [0, 0.1) is 0 Å². The smallest absolute Gasteiger partial charge is 0.0610 e. The molecule has 4 aromatic carbocycles. The molecule has 8 rings (SSSR count). The highest BCUT2D eigenvalue weighted by Crippen LogP contribution is 2.74. The minimum atomic E-state index is -0.0320. The zero-order valence-corrected chi connectivity index (χ0v) is 13.4. The summed E-state index contributed by atoms with van der Waals surface area (Å²) in [5.74, 6) is 0. The van der Waals surface area contributed by atoms with Crippen LogP contribution in [0.2, 0.25) is 0 Å². The molecule has 0 N–H and O–H groups in total. The van der Waals surface area contributed by atoms with E-state index in [0.29, 0.717) is 0 Å². The van der Waals surface area contributed by atoms with Crippen LogP contribution in [0.4, 0.5) is 0 Å². The monoisotopic (exact) mass is 312 g/mol. The third-order valence-corrected chi connectivity index (χ3v) is 6.92. The number of hydrogen-bond acceptors (Lipinski definition) is 0. The second-order valence-electron chi connectivity index (χ2n) is 7.66. The van der Waals surface area contributed by atoms with Gasteiger partial charge in [0, 0.05) is 0 Å². The van der Waals surface area contributed by atoms with Gasteiger partial charge in [-0.15, -0.1) is 0 Å². The van der Waals surface area contributed by atoms with Crippen molar-refractivity contribution in [2.75, 3.05) is 0 Å². The van der Waals surface area contributed by atoms with E-state index in [1.54, 1.807) is 22.3 Å². The molecule has 0 nitrogen and oxygen atoms in total. The first-order valence-corrected chi connectivity index (χ1v) is 8.98. The first-order valence-electron chi connectivity index (χ1n) is 8.98. The summed E-state index contributed by atoms with van der Waals surface area (Å²) in [5.41, 5.74) is 17.7. The van der Waals surface area contributed by atoms with Gasteiger partial charge in [0.05, 0.1) is 5.41 Å². The van der Waals surface area contributed by atoms with Crippen LogP contribution >= 0.6 is 0 Å². The molecule has 1 spiro atoms. The van der Waals surface area contributed by atoms with E-state index in [-0.39, 0.29) is 5.41 Å². The molecule has 4 aromatic rings. The van der Waals surface area contributed by atoms with Crippen molar-refractivity contribution in [2.24, 2.45) is 0 Å². The van der Waals surface area contributed by atoms with Gasteiger partial charge in [-0.25, -0.2) is 0 Å². The fourth-order valence-corrected chi connectivity index (χ4v) is 6.37. The summed E-state index contributed by atoms with van der Waals surface area (Å²) in [5, 5.41) is 0. The minimum absolute atomic E-state index is 0.0320. The van der Waals surface area contributed by atoms with Gasteiger partial charge in [-0.3, -0.25) is 0 Å². The fourth-order valence-electron chi connectivity index (χ4n) is 6.37. The molecular weight excluding hydrogens is 300 g/mol. The molecule has 0 unspecified atom stereocenters. The maximum atomic E-state index is 2.33. The Morgan fingerprint density at radius 1 is 0.320 bits per heavy atom. The van der Waals surface area contributed by atoms with E-state index in [9.17, 15) is 0 Å². The molecule has 0 aliphatic heterocycles. The second kappa shape index (κ2) is 3.19. The van der Waals surface area contributed by atoms with Crippen molar-refractivity contribution in [2.45, 2.75) is 5.41 Å². The van der Waals surface area contributed by atoms with Gasteiger partial charge in [0.2, 0.25) is 0 Å². The van der Waals surface area contributed by atoms with Crippen LogP contribution in [0.5, 0.6) is 0 Å². The molecule has 0 atom stereocenters. The van der Waals surface area contributed by atoms with Gasteiger partial charge < -0.3 is 0 Å². The van der Waals surface area contributed by atoms with E-state index in [0.717, 1.165) is 0 Å². The first-order chi connectivity index (χ1) is 12.4. The van der Waals surface area contributed by atoms with E-state index in [4.69, 9.17) is 0 Å². The SMILES string of the molecule is c1cc2c3c(c1)-c1cccc4c1C31c3c-2cccc3-c2cccc-4c21. The molecular formula is C25H12. The molecule has 0 fully saturated rings. The molecule has 0 radical (unpaired) electrons. The van der Waals surface area contributed by atoms with Crippen LogP contribution in [-0.4, -0.2) is 0 Å². The number of benzene rings is 4. The van der Waals surface area contributed by atoms with Crippen LogP contribution < -0.4 is 0 Å². The van der Waals surface area contributed by atoms with E-state index in [1.165, 1.54) is 44.5 Å². The molecule has 0 saturated heterocycles. The Labute approximate surface area is 145 Å². The molecule has 0 saturated carbocycles. The summed E-state index contributed by atoms with van der Waals surface area (Å²) in [6, 6.07) is 27.6. The van der Waals surface area contributed by atoms with Gasteiger partial charge >= 0.3 is 0 Å². The fraction of sp³-hybridized carbons (Fsp3) is 0.0400. The Bertz CT molecular complexity index is 1040. The average Bonchev–Trinajstić information content (AvgIpc) is 3.34. The molecule has 25 heavy (non-hydrogen) atoms. The standard InChI is InChI=1S/C25H12/c1-5-13-15-7-2-9-17-19-11-4-12-20-18-10-3-8-16-14(6-1)21(13)25(22(15)17,23(16)18)24(19)20/h1-12H. The van der Waals surface area contributed by atoms with Crippen molar-refractivity contribution in [3.8, 4) is 44.5 Å². The maximum absolute atomic E-state index is 2.33. The molecule has 0 amide bonds. The van der Waals surface area contributed by atoms with Crippen LogP contribution in [0.15, 0.2) is 72.8 Å². The van der Waals surface area contributed by atoms with Gasteiger partial charge in [0.15, 0.2) is 0 Å². The summed E-state index contributed by atoms with van der Waals surface area (Å²) in [6.45, 7) is 0. The number of hydrogen-bond donors (Lipinski definition) is 0. The molecule has 4 aliphatic carbocycles. The predicted octanol–water partition coefficient (Wildman–Crippen LogP) is 5.99. The number of rotatable bonds is 0. The van der Waals surface area contributed by atoms with E-state index < -0.39 is 0 Å². The Morgan fingerprint density at radius 2 is 0.520 bits per heavy atom. The molecule has 0 bridgehead atoms. The van der Waals surface area contributed by atoms with Crippen molar-refractivity contribution in [1.29, 1.82) is 0 Å². The summed E-state index contributed by atoms with van der Waals surface area (Å²) in [4.78, 5) is 0. The molecule has 4 aliphatic rings. The van der Waals surface area contributed by atoms with Crippen molar-refractivity contribution in [3.05, 3.63) is 95.1 Å². The van der Waals surface area contributed by atoms with Crippen molar-refractivity contribution < 1.29 is 0 Å². The second-order valence-corrected chi connectivity index (χ2v) is 7.66. The van der Waals surface area contributed by atoms with E-state index in [2.05, 4.69) is 72.8 Å². The molecule has 0 aromatic heterocycles. The van der Waals surface area contributed by atoms with Gasteiger partial charge in [-0.05, 0) is 66.8 Å². The van der Waals surface area contributed by atoms with Crippen LogP contribution in [0.3, 0.4) is 0 Å². The van der Waals surface area contributed by atoms with E-state index >= 15 is 0 Å². The van der Waals surface area contributed by atoms with Gasteiger partial charge in [0.1, 0.15) is 0 Å². The third kappa shape index (κ3) is 0.863. The highest BCUT2D eigenvalue weighted by atomic mass is 14.6. The molecule has 0 heterocycles. The molecule has 112 valence electrons. The lowest BCUT2D eigenvalue weighted by atomic mass is 9.76. The Kier molecular flexibility index (Phi) is 1.46. The Morgan fingerprint density at radius 3 is 0.720 bits per heavy atom. The first kappa shape index (κ1) is 11.4. The van der Waals surface area contributed by atoms with Gasteiger partial charge in [0.25, 0.3) is 0 Å². The largest absolute Gasteiger partial charge is 0.0749 e. The summed E-state index contributed by atoms with van der Waals surface area (Å²) in [7, 11) is 0. The normalized spacial score (nSPS) is 16.3. The average molecular weight is 312 g/mol. The zero-order valence-electron chi connectivity index (χ0n) is 13.4. The topological polar surface area (TPSA) is 0 Å². The number of fused-ring (bicyclic) bond motifs is 4. The summed E-state index contributed by atoms with van der Waals surface area (Å²) < 4.78 is 0. The lowest BCUT2D eigenvalue weighted by Crippen LogP contribution is -2.20. The van der Waals surface area contributed by atoms with Crippen molar-refractivity contribution in [3.63, 3.8) is 0 Å². The van der Waals surface area contributed by atoms with Gasteiger partial charge in [-0.2, -0.15) is 0 Å². The van der Waals surface area contributed by atoms with Crippen molar-refractivity contribution in [1.82, 2.24) is 0 Å². The summed E-state index contributed by atoms with van der Waals surface area (Å²) in [6.07, 6.45) is 0. The van der Waals surface area contributed by atoms with Crippen molar-refractivity contribution >= 4 is 0 Å². The van der Waals surface area contributed by atoms with Crippen LogP contribution in [-0.2, 0) is 5.41 Å². The zero-order chi connectivity index (χ0) is 15.9. The highest BCUT2D eigenvalue weighted by Gasteiger charge is 2.61. The van der Waals surface area contributed by atoms with Crippen LogP contribution in [0.25, 0.3) is 44.5 Å². The Hall–Kier alpha value is -3.12. The quantitative estimate of drug-likeness (QED) is 0.322. The minimum Gasteiger partial charge on any atom is -0.0610 e.